The molecule has 9 heteroatoms. The number of nitrogens with zero attached hydrogens (tertiary/aromatic N) is 1. The highest BCUT2D eigenvalue weighted by Crippen LogP contribution is 2.23. The second kappa shape index (κ2) is 10.8. The summed E-state index contributed by atoms with van der Waals surface area (Å²) in [6, 6.07) is 11.7. The number of carbonyl (C=O) groups is 1. The number of sulfonamides is 1. The molecule has 0 aliphatic heterocycles. The number of thioether (sulfide) groups is 1. The molecule has 0 spiro atoms. The second-order valence-electron chi connectivity index (χ2n) is 6.43. The van der Waals surface area contributed by atoms with Crippen molar-refractivity contribution < 1.29 is 17.6 Å². The predicted molar refractivity (Wildman–Crippen MR) is 118 cm³/mol. The lowest BCUT2D eigenvalue weighted by molar-refractivity contribution is -0.122. The first-order valence-electron chi connectivity index (χ1n) is 9.07. The molecular weight excluding hydrogens is 435 g/mol. The number of nitrogens with one attached hydrogen (secondary N) is 1. The second-order valence-corrected chi connectivity index (χ2v) is 9.83. The number of hydrogen-bond acceptors (Lipinski definition) is 4. The Kier molecular flexibility index (Phi) is 8.79. The van der Waals surface area contributed by atoms with Gasteiger partial charge in [-0.25, -0.2) is 12.8 Å². The van der Waals surface area contributed by atoms with Crippen LogP contribution in [0.15, 0.2) is 48.5 Å². The van der Waals surface area contributed by atoms with Crippen molar-refractivity contribution in [3.63, 3.8) is 0 Å². The average molecular weight is 459 g/mol. The van der Waals surface area contributed by atoms with E-state index in [0.29, 0.717) is 17.3 Å². The van der Waals surface area contributed by atoms with Gasteiger partial charge in [-0.15, -0.1) is 0 Å². The van der Waals surface area contributed by atoms with Gasteiger partial charge in [0.05, 0.1) is 11.9 Å². The van der Waals surface area contributed by atoms with Gasteiger partial charge < -0.3 is 5.32 Å². The number of carbonyl (C=O) groups excluding carboxylic acids is 1. The fourth-order valence-electron chi connectivity index (χ4n) is 2.83. The number of rotatable bonds is 10. The van der Waals surface area contributed by atoms with Crippen molar-refractivity contribution in [1.29, 1.82) is 0 Å². The average Bonchev–Trinajstić information content (AvgIpc) is 2.65. The summed E-state index contributed by atoms with van der Waals surface area (Å²) < 4.78 is 38.9. The summed E-state index contributed by atoms with van der Waals surface area (Å²) in [4.78, 5) is 12.7. The highest BCUT2D eigenvalue weighted by Gasteiger charge is 2.31. The van der Waals surface area contributed by atoms with E-state index in [4.69, 9.17) is 11.6 Å². The molecule has 0 saturated carbocycles. The van der Waals surface area contributed by atoms with Crippen molar-refractivity contribution in [3.8, 4) is 0 Å². The van der Waals surface area contributed by atoms with E-state index in [9.17, 15) is 17.6 Å². The fraction of sp³-hybridized carbons (Fsp3) is 0.350. The van der Waals surface area contributed by atoms with E-state index in [1.165, 1.54) is 24.3 Å². The monoisotopic (exact) mass is 458 g/mol. The molecule has 29 heavy (non-hydrogen) atoms. The molecule has 2 aromatic rings. The minimum Gasteiger partial charge on any atom is -0.353 e. The van der Waals surface area contributed by atoms with E-state index in [1.54, 1.807) is 18.7 Å². The molecule has 0 bridgehead atoms. The third kappa shape index (κ3) is 7.21. The Balaban J connectivity index is 1.95. The normalized spacial score (nSPS) is 12.4. The topological polar surface area (TPSA) is 66.5 Å². The molecule has 5 nitrogen and oxygen atoms in total. The number of halogens is 2. The first-order valence-corrected chi connectivity index (χ1v) is 12.5. The van der Waals surface area contributed by atoms with Gasteiger partial charge in [0.1, 0.15) is 11.9 Å². The van der Waals surface area contributed by atoms with Gasteiger partial charge in [-0.1, -0.05) is 30.7 Å². The Labute approximate surface area is 180 Å². The van der Waals surface area contributed by atoms with Gasteiger partial charge in [0.15, 0.2) is 0 Å². The van der Waals surface area contributed by atoms with Crippen LogP contribution in [0.1, 0.15) is 18.9 Å². The molecular formula is C20H24ClFN2O3S2. The van der Waals surface area contributed by atoms with Crippen LogP contribution in [-0.4, -0.2) is 38.9 Å². The quantitative estimate of drug-likeness (QED) is 0.545. The maximum absolute atomic E-state index is 13.2. The van der Waals surface area contributed by atoms with Crippen LogP contribution in [0.5, 0.6) is 0 Å². The Morgan fingerprint density at radius 1 is 1.24 bits per heavy atom. The molecule has 0 aliphatic rings. The largest absolute Gasteiger partial charge is 0.353 e. The molecule has 0 radical (unpaired) electrons. The molecule has 0 fully saturated rings. The lowest BCUT2D eigenvalue weighted by Gasteiger charge is -2.30. The van der Waals surface area contributed by atoms with E-state index >= 15 is 0 Å². The highest BCUT2D eigenvalue weighted by molar-refractivity contribution is 7.98. The van der Waals surface area contributed by atoms with Crippen LogP contribution in [0.25, 0.3) is 0 Å². The molecule has 1 N–H and O–H groups in total. The zero-order valence-electron chi connectivity index (χ0n) is 16.3. The van der Waals surface area contributed by atoms with Gasteiger partial charge in [-0.3, -0.25) is 9.10 Å². The zero-order valence-corrected chi connectivity index (χ0v) is 18.7. The Morgan fingerprint density at radius 3 is 2.52 bits per heavy atom. The Bertz CT molecular complexity index is 924. The maximum Gasteiger partial charge on any atom is 0.243 e. The first kappa shape index (κ1) is 23.5. The van der Waals surface area contributed by atoms with E-state index in [0.717, 1.165) is 21.9 Å². The number of benzene rings is 2. The third-order valence-corrected chi connectivity index (χ3v) is 6.56. The van der Waals surface area contributed by atoms with E-state index in [2.05, 4.69) is 5.32 Å². The molecule has 0 aliphatic carbocycles. The SMILES string of the molecule is CCC(C(=O)NCCSCc1cccc(Cl)c1)N(c1ccc(F)cc1)S(C)(=O)=O. The third-order valence-electron chi connectivity index (χ3n) is 4.11. The zero-order chi connectivity index (χ0) is 21.4. The van der Waals surface area contributed by atoms with Crippen LogP contribution in [0, 0.1) is 5.82 Å². The van der Waals surface area contributed by atoms with Crippen molar-refractivity contribution in [1.82, 2.24) is 5.32 Å². The minimum absolute atomic E-state index is 0.256. The molecule has 0 aromatic heterocycles. The first-order chi connectivity index (χ1) is 13.7. The summed E-state index contributed by atoms with van der Waals surface area (Å²) in [6.45, 7) is 2.14. The summed E-state index contributed by atoms with van der Waals surface area (Å²) in [7, 11) is -3.73. The van der Waals surface area contributed by atoms with Gasteiger partial charge in [-0.2, -0.15) is 11.8 Å². The lowest BCUT2D eigenvalue weighted by Crippen LogP contribution is -2.49. The molecule has 0 heterocycles. The molecule has 1 unspecified atom stereocenters. The molecule has 2 aromatic carbocycles. The summed E-state index contributed by atoms with van der Waals surface area (Å²) in [6.07, 6.45) is 1.32. The molecule has 158 valence electrons. The summed E-state index contributed by atoms with van der Waals surface area (Å²) >= 11 is 7.60. The van der Waals surface area contributed by atoms with Crippen LogP contribution in [0.4, 0.5) is 10.1 Å². The molecule has 1 amide bonds. The summed E-state index contributed by atoms with van der Waals surface area (Å²) in [5.74, 6) is 0.574. The van der Waals surface area contributed by atoms with Crippen molar-refractivity contribution in [2.45, 2.75) is 25.1 Å². The van der Waals surface area contributed by atoms with Crippen molar-refractivity contribution in [2.75, 3.05) is 22.9 Å². The van der Waals surface area contributed by atoms with Gasteiger partial charge in [0.2, 0.25) is 15.9 Å². The number of amides is 1. The molecule has 0 saturated heterocycles. The summed E-state index contributed by atoms with van der Waals surface area (Å²) in [5.41, 5.74) is 1.35. The van der Waals surface area contributed by atoms with Crippen LogP contribution < -0.4 is 9.62 Å². The van der Waals surface area contributed by atoms with Gasteiger partial charge in [0.25, 0.3) is 0 Å². The lowest BCUT2D eigenvalue weighted by atomic mass is 10.2. The Morgan fingerprint density at radius 2 is 1.93 bits per heavy atom. The highest BCUT2D eigenvalue weighted by atomic mass is 35.5. The minimum atomic E-state index is -3.73. The van der Waals surface area contributed by atoms with Gasteiger partial charge in [-0.05, 0) is 48.4 Å². The van der Waals surface area contributed by atoms with Crippen LogP contribution in [0.2, 0.25) is 5.02 Å². The van der Waals surface area contributed by atoms with E-state index in [1.807, 2.05) is 24.3 Å². The standard InChI is InChI=1S/C20H24ClFN2O3S2/c1-3-19(24(29(2,26)27)18-9-7-17(22)8-10-18)20(25)23-11-12-28-14-15-5-4-6-16(21)13-15/h4-10,13,19H,3,11-12,14H2,1-2H3,(H,23,25). The van der Waals surface area contributed by atoms with Crippen molar-refractivity contribution in [3.05, 3.63) is 64.9 Å². The predicted octanol–water partition coefficient (Wildman–Crippen LogP) is 4.07. The van der Waals surface area contributed by atoms with Crippen LogP contribution in [0.3, 0.4) is 0 Å². The molecule has 2 rings (SSSR count). The van der Waals surface area contributed by atoms with Gasteiger partial charge >= 0.3 is 0 Å². The fourth-order valence-corrected chi connectivity index (χ4v) is 5.06. The number of anilines is 1. The van der Waals surface area contributed by atoms with Crippen LogP contribution >= 0.6 is 23.4 Å². The molecule has 1 atom stereocenters. The van der Waals surface area contributed by atoms with E-state index in [-0.39, 0.29) is 18.0 Å². The smallest absolute Gasteiger partial charge is 0.243 e. The number of hydrogen-bond donors (Lipinski definition) is 1. The Hall–Kier alpha value is -1.77. The van der Waals surface area contributed by atoms with E-state index < -0.39 is 21.9 Å². The van der Waals surface area contributed by atoms with Crippen molar-refractivity contribution >= 4 is 45.0 Å². The van der Waals surface area contributed by atoms with Crippen molar-refractivity contribution in [2.24, 2.45) is 0 Å². The summed E-state index contributed by atoms with van der Waals surface area (Å²) in [5, 5.41) is 3.48. The van der Waals surface area contributed by atoms with Gasteiger partial charge in [0, 0.05) is 23.1 Å². The maximum atomic E-state index is 13.2. The van der Waals surface area contributed by atoms with Crippen LogP contribution in [-0.2, 0) is 20.6 Å².